The average Bonchev–Trinajstić information content (AvgIpc) is 2.96. The van der Waals surface area contributed by atoms with Crippen LogP contribution in [-0.4, -0.2) is 31.7 Å². The number of methoxy groups -OCH3 is 1. The summed E-state index contributed by atoms with van der Waals surface area (Å²) in [5, 5.41) is 8.22. The van der Waals surface area contributed by atoms with Crippen LogP contribution in [0.4, 0.5) is 5.69 Å². The van der Waals surface area contributed by atoms with Gasteiger partial charge in [-0.05, 0) is 30.7 Å². The monoisotopic (exact) mass is 306 g/mol. The van der Waals surface area contributed by atoms with Gasteiger partial charge in [0, 0.05) is 11.8 Å². The maximum absolute atomic E-state index is 5.95. The topological polar surface area (TPSA) is 91.2 Å². The third kappa shape index (κ3) is 2.05. The molecule has 0 aliphatic rings. The van der Waals surface area contributed by atoms with Crippen LogP contribution in [0.25, 0.3) is 27.8 Å². The van der Waals surface area contributed by atoms with Crippen LogP contribution in [0.1, 0.15) is 5.82 Å². The van der Waals surface area contributed by atoms with E-state index in [0.29, 0.717) is 11.6 Å². The van der Waals surface area contributed by atoms with Crippen LogP contribution in [0.3, 0.4) is 0 Å². The summed E-state index contributed by atoms with van der Waals surface area (Å²) in [6.07, 6.45) is 3.46. The summed E-state index contributed by atoms with van der Waals surface area (Å²) in [6.45, 7) is 1.92. The van der Waals surface area contributed by atoms with E-state index in [9.17, 15) is 0 Å². The number of aryl methyl sites for hydroxylation is 1. The van der Waals surface area contributed by atoms with E-state index in [-0.39, 0.29) is 0 Å². The average molecular weight is 306 g/mol. The smallest absolute Gasteiger partial charge is 0.236 e. The number of rotatable bonds is 2. The number of pyridine rings is 1. The van der Waals surface area contributed by atoms with Gasteiger partial charge in [0.25, 0.3) is 0 Å². The van der Waals surface area contributed by atoms with Crippen LogP contribution in [0, 0.1) is 6.92 Å². The fraction of sp³-hybridized carbons (Fsp3) is 0.125. The number of anilines is 1. The highest BCUT2D eigenvalue weighted by Gasteiger charge is 2.09. The highest BCUT2D eigenvalue weighted by molar-refractivity contribution is 5.84. The van der Waals surface area contributed by atoms with Crippen molar-refractivity contribution in [1.29, 1.82) is 0 Å². The number of nitrogens with two attached hydrogens (primary N) is 1. The number of hydrogen-bond acceptors (Lipinski definition) is 6. The minimum absolute atomic E-state index is 0.424. The Hall–Kier alpha value is -3.22. The van der Waals surface area contributed by atoms with Crippen molar-refractivity contribution in [1.82, 2.24) is 24.6 Å². The van der Waals surface area contributed by atoms with Gasteiger partial charge in [-0.3, -0.25) is 9.38 Å². The van der Waals surface area contributed by atoms with Crippen LogP contribution < -0.4 is 10.5 Å². The zero-order valence-electron chi connectivity index (χ0n) is 12.7. The first-order chi connectivity index (χ1) is 11.2. The van der Waals surface area contributed by atoms with Crippen LogP contribution in [0.15, 0.2) is 36.7 Å². The lowest BCUT2D eigenvalue weighted by Gasteiger charge is -2.08. The molecule has 0 unspecified atom stereocenters. The Morgan fingerprint density at radius 2 is 1.91 bits per heavy atom. The summed E-state index contributed by atoms with van der Waals surface area (Å²) in [6, 6.07) is 7.84. The predicted octanol–water partition coefficient (Wildman–Crippen LogP) is 2.24. The summed E-state index contributed by atoms with van der Waals surface area (Å²) in [4.78, 5) is 8.65. The molecule has 0 atom stereocenters. The molecule has 0 saturated heterocycles. The lowest BCUT2D eigenvalue weighted by atomic mass is 10.1. The quantitative estimate of drug-likeness (QED) is 0.610. The molecule has 3 aromatic heterocycles. The maximum Gasteiger partial charge on any atom is 0.236 e. The van der Waals surface area contributed by atoms with Crippen molar-refractivity contribution in [2.45, 2.75) is 6.92 Å². The van der Waals surface area contributed by atoms with Crippen LogP contribution in [0.2, 0.25) is 0 Å². The Morgan fingerprint density at radius 3 is 2.70 bits per heavy atom. The van der Waals surface area contributed by atoms with Gasteiger partial charge in [-0.15, -0.1) is 10.2 Å². The van der Waals surface area contributed by atoms with Crippen LogP contribution >= 0.6 is 0 Å². The first-order valence-corrected chi connectivity index (χ1v) is 7.08. The Labute approximate surface area is 131 Å². The second kappa shape index (κ2) is 4.91. The van der Waals surface area contributed by atoms with Crippen molar-refractivity contribution in [2.75, 3.05) is 12.8 Å². The molecule has 7 heteroatoms. The molecule has 0 saturated carbocycles. The number of nitrogen functional groups attached to an aromatic ring is 1. The molecule has 0 aliphatic carbocycles. The molecular formula is C16H14N6O. The van der Waals surface area contributed by atoms with E-state index in [1.54, 1.807) is 19.5 Å². The highest BCUT2D eigenvalue weighted by Crippen LogP contribution is 2.28. The van der Waals surface area contributed by atoms with Crippen molar-refractivity contribution >= 4 is 22.4 Å². The van der Waals surface area contributed by atoms with E-state index in [4.69, 9.17) is 10.5 Å². The molecule has 23 heavy (non-hydrogen) atoms. The Kier molecular flexibility index (Phi) is 2.87. The van der Waals surface area contributed by atoms with Gasteiger partial charge >= 0.3 is 0 Å². The van der Waals surface area contributed by atoms with Crippen molar-refractivity contribution in [3.63, 3.8) is 0 Å². The van der Waals surface area contributed by atoms with E-state index in [2.05, 4.69) is 20.2 Å². The summed E-state index contributed by atoms with van der Waals surface area (Å²) >= 11 is 0. The predicted molar refractivity (Wildman–Crippen MR) is 87.2 cm³/mol. The molecule has 7 nitrogen and oxygen atoms in total. The normalized spacial score (nSPS) is 11.2. The molecule has 0 bridgehead atoms. The van der Waals surface area contributed by atoms with Crippen molar-refractivity contribution < 1.29 is 4.74 Å². The Balaban J connectivity index is 1.96. The summed E-state index contributed by atoms with van der Waals surface area (Å²) < 4.78 is 7.08. The largest absolute Gasteiger partial charge is 0.480 e. The number of hydrogen-bond donors (Lipinski definition) is 1. The summed E-state index contributed by atoms with van der Waals surface area (Å²) in [7, 11) is 1.55. The van der Waals surface area contributed by atoms with Gasteiger partial charge in [-0.25, -0.2) is 4.98 Å². The zero-order valence-corrected chi connectivity index (χ0v) is 12.7. The van der Waals surface area contributed by atoms with Gasteiger partial charge in [0.05, 0.1) is 30.0 Å². The minimum atomic E-state index is 0.424. The number of aromatic nitrogens is 5. The second-order valence-electron chi connectivity index (χ2n) is 5.23. The van der Waals surface area contributed by atoms with Crippen molar-refractivity contribution in [3.8, 4) is 17.0 Å². The van der Waals surface area contributed by atoms with E-state index < -0.39 is 0 Å². The second-order valence-corrected chi connectivity index (χ2v) is 5.23. The molecule has 0 aliphatic heterocycles. The zero-order chi connectivity index (χ0) is 16.0. The molecule has 0 radical (unpaired) electrons. The van der Waals surface area contributed by atoms with Gasteiger partial charge in [0.2, 0.25) is 5.88 Å². The van der Waals surface area contributed by atoms with E-state index in [1.165, 1.54) is 0 Å². The van der Waals surface area contributed by atoms with Gasteiger partial charge < -0.3 is 10.5 Å². The van der Waals surface area contributed by atoms with E-state index in [1.807, 2.05) is 35.6 Å². The lowest BCUT2D eigenvalue weighted by Crippen LogP contribution is -1.96. The molecule has 4 rings (SSSR count). The molecule has 1 aromatic carbocycles. The molecule has 2 N–H and O–H groups in total. The molecular weight excluding hydrogens is 292 g/mol. The standard InChI is InChI=1S/C16H14N6O/c1-9-20-21-15-8-18-13-4-3-10(6-14(13)22(9)15)11-5-12(17)16(23-2)19-7-11/h3-8H,17H2,1-2H3. The first kappa shape index (κ1) is 13.4. The third-order valence-electron chi connectivity index (χ3n) is 3.79. The number of benzene rings is 1. The molecule has 114 valence electrons. The van der Waals surface area contributed by atoms with Crippen LogP contribution in [-0.2, 0) is 0 Å². The van der Waals surface area contributed by atoms with Crippen LogP contribution in [0.5, 0.6) is 5.88 Å². The van der Waals surface area contributed by atoms with E-state index >= 15 is 0 Å². The first-order valence-electron chi connectivity index (χ1n) is 7.08. The highest BCUT2D eigenvalue weighted by atomic mass is 16.5. The summed E-state index contributed by atoms with van der Waals surface area (Å²) in [5.74, 6) is 1.24. The van der Waals surface area contributed by atoms with Crippen molar-refractivity contribution in [3.05, 3.63) is 42.5 Å². The molecule has 0 amide bonds. The number of ether oxygens (including phenoxy) is 1. The number of nitrogens with zero attached hydrogens (tertiary/aromatic N) is 5. The fourth-order valence-electron chi connectivity index (χ4n) is 2.68. The lowest BCUT2D eigenvalue weighted by molar-refractivity contribution is 0.400. The molecule has 0 spiro atoms. The summed E-state index contributed by atoms with van der Waals surface area (Å²) in [5.41, 5.74) is 10.9. The molecule has 4 aromatic rings. The maximum atomic E-state index is 5.95. The third-order valence-corrected chi connectivity index (χ3v) is 3.79. The Bertz CT molecular complexity index is 1040. The van der Waals surface area contributed by atoms with Gasteiger partial charge in [0.15, 0.2) is 5.65 Å². The van der Waals surface area contributed by atoms with Crippen molar-refractivity contribution in [2.24, 2.45) is 0 Å². The minimum Gasteiger partial charge on any atom is -0.480 e. The van der Waals surface area contributed by atoms with Gasteiger partial charge in [-0.1, -0.05) is 6.07 Å². The fourth-order valence-corrected chi connectivity index (χ4v) is 2.68. The van der Waals surface area contributed by atoms with E-state index in [0.717, 1.165) is 33.6 Å². The van der Waals surface area contributed by atoms with Gasteiger partial charge in [0.1, 0.15) is 5.82 Å². The molecule has 0 fully saturated rings. The number of fused-ring (bicyclic) bond motifs is 3. The van der Waals surface area contributed by atoms with Gasteiger partial charge in [-0.2, -0.15) is 0 Å². The molecule has 3 heterocycles. The SMILES string of the molecule is COc1ncc(-c2ccc3ncc4nnc(C)n4c3c2)cc1N. The Morgan fingerprint density at radius 1 is 1.04 bits per heavy atom.